The Hall–Kier alpha value is -4.08. The van der Waals surface area contributed by atoms with E-state index in [-0.39, 0.29) is 13.8 Å². The lowest BCUT2D eigenvalue weighted by atomic mass is 10.0. The summed E-state index contributed by atoms with van der Waals surface area (Å²) in [6.07, 6.45) is 4.87. The highest BCUT2D eigenvalue weighted by Crippen LogP contribution is 2.12. The number of amides is 1. The van der Waals surface area contributed by atoms with Crippen molar-refractivity contribution in [3.05, 3.63) is 101 Å². The number of hydrogen-bond acceptors (Lipinski definition) is 5. The third-order valence-corrected chi connectivity index (χ3v) is 5.88. The van der Waals surface area contributed by atoms with Gasteiger partial charge in [0.05, 0.1) is 0 Å². The van der Waals surface area contributed by atoms with Crippen LogP contribution in [0.5, 0.6) is 0 Å². The summed E-state index contributed by atoms with van der Waals surface area (Å²) in [6.45, 7) is 0.817. The molecule has 0 radical (unpaired) electrons. The van der Waals surface area contributed by atoms with Crippen molar-refractivity contribution < 1.29 is 19.5 Å². The van der Waals surface area contributed by atoms with Crippen LogP contribution in [0.2, 0.25) is 0 Å². The summed E-state index contributed by atoms with van der Waals surface area (Å²) in [6, 6.07) is 19.5. The maximum atomic E-state index is 12.8. The molecule has 0 aliphatic heterocycles. The smallest absolute Gasteiger partial charge is 0.254 e. The van der Waals surface area contributed by atoms with Crippen LogP contribution in [0.15, 0.2) is 72.9 Å². The van der Waals surface area contributed by atoms with Crippen LogP contribution in [0.25, 0.3) is 0 Å². The SMILES string of the molecule is C.CCC(=O)C(C(=O)CO)N(C)C(=O)c1ccc(C#Cc2ccc(CCCc3ccccn3)cc2)cc1. The van der Waals surface area contributed by atoms with E-state index in [0.717, 1.165) is 41.0 Å². The Labute approximate surface area is 219 Å². The first-order valence-corrected chi connectivity index (χ1v) is 12.0. The summed E-state index contributed by atoms with van der Waals surface area (Å²) in [5.41, 5.74) is 4.32. The van der Waals surface area contributed by atoms with Crippen molar-refractivity contribution in [2.45, 2.75) is 46.1 Å². The van der Waals surface area contributed by atoms with Gasteiger partial charge in [0.1, 0.15) is 6.61 Å². The molecule has 6 heteroatoms. The van der Waals surface area contributed by atoms with E-state index in [0.29, 0.717) is 5.56 Å². The second-order valence-corrected chi connectivity index (χ2v) is 8.46. The van der Waals surface area contributed by atoms with Crippen molar-refractivity contribution in [1.82, 2.24) is 9.88 Å². The largest absolute Gasteiger partial charge is 0.388 e. The molecular formula is C31H34N2O4. The summed E-state index contributed by atoms with van der Waals surface area (Å²) in [4.78, 5) is 42.4. The molecule has 1 heterocycles. The molecule has 0 fully saturated rings. The van der Waals surface area contributed by atoms with Crippen LogP contribution in [0, 0.1) is 11.8 Å². The second-order valence-electron chi connectivity index (χ2n) is 8.46. The molecule has 1 aromatic heterocycles. The fraction of sp³-hybridized carbons (Fsp3) is 0.290. The van der Waals surface area contributed by atoms with Gasteiger partial charge < -0.3 is 10.0 Å². The Balaban J connectivity index is 0.00000481. The van der Waals surface area contributed by atoms with Gasteiger partial charge in [-0.25, -0.2) is 0 Å². The molecular weight excluding hydrogens is 464 g/mol. The third-order valence-electron chi connectivity index (χ3n) is 5.88. The van der Waals surface area contributed by atoms with Crippen LogP contribution in [0.4, 0.5) is 0 Å². The summed E-state index contributed by atoms with van der Waals surface area (Å²) < 4.78 is 0. The van der Waals surface area contributed by atoms with E-state index in [9.17, 15) is 19.5 Å². The number of ketones is 2. The molecule has 1 amide bonds. The van der Waals surface area contributed by atoms with Crippen molar-refractivity contribution in [2.24, 2.45) is 0 Å². The lowest BCUT2D eigenvalue weighted by molar-refractivity contribution is -0.134. The van der Waals surface area contributed by atoms with E-state index in [1.807, 2.05) is 36.5 Å². The molecule has 1 unspecified atom stereocenters. The van der Waals surface area contributed by atoms with E-state index in [1.165, 1.54) is 12.6 Å². The number of Topliss-reactive ketones (excluding diaryl/α,β-unsaturated/α-hetero) is 2. The van der Waals surface area contributed by atoms with E-state index < -0.39 is 30.1 Å². The number of carbonyl (C=O) groups excluding carboxylic acids is 3. The summed E-state index contributed by atoms with van der Waals surface area (Å²) >= 11 is 0. The fourth-order valence-corrected chi connectivity index (χ4v) is 3.83. The minimum absolute atomic E-state index is 0. The van der Waals surface area contributed by atoms with Crippen LogP contribution in [0.3, 0.4) is 0 Å². The second kappa shape index (κ2) is 14.5. The lowest BCUT2D eigenvalue weighted by Gasteiger charge is -2.25. The maximum Gasteiger partial charge on any atom is 0.254 e. The molecule has 0 saturated carbocycles. The van der Waals surface area contributed by atoms with Gasteiger partial charge in [-0.1, -0.05) is 44.4 Å². The van der Waals surface area contributed by atoms with Crippen LogP contribution in [-0.4, -0.2) is 52.2 Å². The van der Waals surface area contributed by atoms with Gasteiger partial charge in [0.2, 0.25) is 0 Å². The standard InChI is InChI=1S/C30H30N2O4.CH4/c1-3-27(34)29(28(35)21-33)32(2)30(36)25-18-16-24(17-19-25)15-14-23-12-10-22(11-13-23)7-6-9-26-8-4-5-20-31-26;/h4-5,8,10-13,16-20,29,33H,3,6-7,9,21H2,1-2H3;1H4. The lowest BCUT2D eigenvalue weighted by Crippen LogP contribution is -2.48. The average Bonchev–Trinajstić information content (AvgIpc) is 2.92. The highest BCUT2D eigenvalue weighted by Gasteiger charge is 2.32. The van der Waals surface area contributed by atoms with Crippen LogP contribution < -0.4 is 0 Å². The minimum Gasteiger partial charge on any atom is -0.388 e. The average molecular weight is 499 g/mol. The van der Waals surface area contributed by atoms with Crippen LogP contribution >= 0.6 is 0 Å². The highest BCUT2D eigenvalue weighted by molar-refractivity contribution is 6.10. The Kier molecular flexibility index (Phi) is 11.4. The molecule has 37 heavy (non-hydrogen) atoms. The molecule has 1 atom stereocenters. The van der Waals surface area contributed by atoms with Crippen molar-refractivity contribution >= 4 is 17.5 Å². The number of aryl methyl sites for hydroxylation is 2. The third kappa shape index (κ3) is 8.23. The topological polar surface area (TPSA) is 87.6 Å². The van der Waals surface area contributed by atoms with E-state index in [1.54, 1.807) is 31.2 Å². The number of nitrogens with zero attached hydrogens (tertiary/aromatic N) is 2. The normalized spacial score (nSPS) is 10.9. The predicted octanol–water partition coefficient (Wildman–Crippen LogP) is 4.27. The van der Waals surface area contributed by atoms with Crippen LogP contribution in [0.1, 0.15) is 59.9 Å². The number of benzene rings is 2. The molecule has 0 bridgehead atoms. The van der Waals surface area contributed by atoms with Crippen molar-refractivity contribution in [1.29, 1.82) is 0 Å². The number of likely N-dealkylation sites (N-methyl/N-ethyl adjacent to an activating group) is 1. The molecule has 6 nitrogen and oxygen atoms in total. The molecule has 0 saturated heterocycles. The van der Waals surface area contributed by atoms with Gasteiger partial charge >= 0.3 is 0 Å². The first-order valence-electron chi connectivity index (χ1n) is 12.0. The zero-order valence-electron chi connectivity index (χ0n) is 20.6. The van der Waals surface area contributed by atoms with Gasteiger partial charge in [-0.15, -0.1) is 0 Å². The number of hydrogen-bond donors (Lipinski definition) is 1. The Morgan fingerprint density at radius 1 is 0.892 bits per heavy atom. The number of pyridine rings is 1. The molecule has 3 rings (SSSR count). The number of aliphatic hydroxyl groups excluding tert-OH is 1. The first kappa shape index (κ1) is 29.2. The number of rotatable bonds is 10. The molecule has 192 valence electrons. The number of aromatic nitrogens is 1. The Morgan fingerprint density at radius 3 is 2.05 bits per heavy atom. The highest BCUT2D eigenvalue weighted by atomic mass is 16.3. The van der Waals surface area contributed by atoms with Crippen molar-refractivity contribution in [3.63, 3.8) is 0 Å². The molecule has 2 aromatic carbocycles. The molecule has 0 aliphatic rings. The summed E-state index contributed by atoms with van der Waals surface area (Å²) in [5.74, 6) is 4.65. The van der Waals surface area contributed by atoms with Gasteiger partial charge in [0, 0.05) is 42.0 Å². The van der Waals surface area contributed by atoms with Gasteiger partial charge in [-0.2, -0.15) is 0 Å². The fourth-order valence-electron chi connectivity index (χ4n) is 3.83. The van der Waals surface area contributed by atoms with Crippen molar-refractivity contribution in [2.75, 3.05) is 13.7 Å². The zero-order valence-corrected chi connectivity index (χ0v) is 20.6. The minimum atomic E-state index is -1.29. The zero-order chi connectivity index (χ0) is 25.9. The van der Waals surface area contributed by atoms with E-state index in [4.69, 9.17) is 0 Å². The van der Waals surface area contributed by atoms with Gasteiger partial charge in [0.15, 0.2) is 17.6 Å². The Bertz CT molecular complexity index is 1220. The molecule has 0 spiro atoms. The summed E-state index contributed by atoms with van der Waals surface area (Å²) in [5, 5.41) is 9.18. The Morgan fingerprint density at radius 2 is 1.51 bits per heavy atom. The van der Waals surface area contributed by atoms with Gasteiger partial charge in [-0.3, -0.25) is 19.4 Å². The van der Waals surface area contributed by atoms with E-state index in [2.05, 4.69) is 29.0 Å². The van der Waals surface area contributed by atoms with E-state index >= 15 is 0 Å². The molecule has 0 aliphatic carbocycles. The monoisotopic (exact) mass is 498 g/mol. The predicted molar refractivity (Wildman–Crippen MR) is 145 cm³/mol. The van der Waals surface area contributed by atoms with Gasteiger partial charge in [0.25, 0.3) is 5.91 Å². The van der Waals surface area contributed by atoms with Crippen LogP contribution in [-0.2, 0) is 22.4 Å². The van der Waals surface area contributed by atoms with Gasteiger partial charge in [-0.05, 0) is 73.4 Å². The number of carbonyl (C=O) groups is 3. The summed E-state index contributed by atoms with van der Waals surface area (Å²) in [7, 11) is 1.39. The maximum absolute atomic E-state index is 12.8. The molecule has 3 aromatic rings. The quantitative estimate of drug-likeness (QED) is 0.333. The first-order chi connectivity index (χ1) is 17.4. The van der Waals surface area contributed by atoms with Crippen molar-refractivity contribution in [3.8, 4) is 11.8 Å². The molecule has 1 N–H and O–H groups in total. The number of aliphatic hydroxyl groups is 1.